The van der Waals surface area contributed by atoms with E-state index in [1.165, 1.54) is 16.7 Å². The Kier molecular flexibility index (Phi) is 11.6. The minimum absolute atomic E-state index is 0.0207. The maximum Gasteiger partial charge on any atom is 0.149 e. The number of pyridine rings is 1. The van der Waals surface area contributed by atoms with Crippen LogP contribution in [-0.4, -0.2) is 19.6 Å². The highest BCUT2D eigenvalue weighted by molar-refractivity contribution is 5.98. The van der Waals surface area contributed by atoms with E-state index in [1.807, 2.05) is 6.20 Å². The van der Waals surface area contributed by atoms with Crippen LogP contribution in [0.25, 0.3) is 72.7 Å². The highest BCUT2D eigenvalue weighted by Gasteiger charge is 2.30. The molecule has 4 nitrogen and oxygen atoms in total. The summed E-state index contributed by atoms with van der Waals surface area (Å²) in [6.45, 7) is 33.7. The zero-order valence-corrected chi connectivity index (χ0v) is 42.1. The largest absolute Gasteiger partial charge is 0.507 e. The van der Waals surface area contributed by atoms with Crippen molar-refractivity contribution in [3.8, 4) is 67.5 Å². The summed E-state index contributed by atoms with van der Waals surface area (Å²) in [5, 5.41) is 12.7. The first-order chi connectivity index (χ1) is 30.8. The molecule has 0 atom stereocenters. The van der Waals surface area contributed by atoms with Gasteiger partial charge in [0, 0.05) is 28.5 Å². The maximum absolute atomic E-state index is 12.7. The summed E-state index contributed by atoms with van der Waals surface area (Å²) < 4.78 is 2.33. The zero-order valence-electron chi connectivity index (χ0n) is 42.1. The van der Waals surface area contributed by atoms with Crippen molar-refractivity contribution in [2.24, 2.45) is 0 Å². The summed E-state index contributed by atoms with van der Waals surface area (Å²) >= 11 is 0. The third-order valence-corrected chi connectivity index (χ3v) is 13.1. The van der Waals surface area contributed by atoms with E-state index in [0.717, 1.165) is 78.0 Å². The molecular weight excluding hydrogens is 803 g/mol. The average molecular weight is 872 g/mol. The Hall–Kier alpha value is -6.26. The standard InChI is InChI=1S/C62H69N3O/c1-58(2,3)44-26-24-40(25-27-44)48-29-28-45(59(4,5)6)38-54(48)65-53-23-19-22-49(55(53)64-57(65)50-36-47(61(10,11)12)37-51(56(50)66)62(13,14)15)42-32-43(34-46(33-42)60(7,8)9)52-35-41(30-31-63-52)39-20-17-16-18-21-39/h16-38,66H,1-15H3. The van der Waals surface area contributed by atoms with Crippen molar-refractivity contribution in [1.82, 2.24) is 14.5 Å². The van der Waals surface area contributed by atoms with Crippen LogP contribution in [0.3, 0.4) is 0 Å². The summed E-state index contributed by atoms with van der Waals surface area (Å²) in [4.78, 5) is 10.7. The van der Waals surface area contributed by atoms with Gasteiger partial charge in [-0.05, 0) is 114 Å². The van der Waals surface area contributed by atoms with Gasteiger partial charge in [-0.25, -0.2) is 4.98 Å². The van der Waals surface area contributed by atoms with Crippen molar-refractivity contribution in [1.29, 1.82) is 0 Å². The summed E-state index contributed by atoms with van der Waals surface area (Å²) in [7, 11) is 0. The maximum atomic E-state index is 12.7. The molecule has 2 heterocycles. The Labute approximate surface area is 394 Å². The number of para-hydroxylation sites is 1. The Morgan fingerprint density at radius 3 is 1.64 bits per heavy atom. The summed E-state index contributed by atoms with van der Waals surface area (Å²) in [6, 6.07) is 48.6. The van der Waals surface area contributed by atoms with Gasteiger partial charge < -0.3 is 5.11 Å². The number of phenols is 1. The second-order valence-electron chi connectivity index (χ2n) is 23.5. The van der Waals surface area contributed by atoms with Crippen molar-refractivity contribution in [2.75, 3.05) is 0 Å². The molecule has 0 aliphatic rings. The van der Waals surface area contributed by atoms with Crippen LogP contribution in [0.4, 0.5) is 0 Å². The van der Waals surface area contributed by atoms with Crippen LogP contribution >= 0.6 is 0 Å². The smallest absolute Gasteiger partial charge is 0.149 e. The number of aromatic hydroxyl groups is 1. The fraction of sp³-hybridized carbons (Fsp3) is 0.323. The van der Waals surface area contributed by atoms with Gasteiger partial charge in [-0.3, -0.25) is 9.55 Å². The molecule has 0 fully saturated rings. The molecule has 8 aromatic rings. The van der Waals surface area contributed by atoms with Gasteiger partial charge >= 0.3 is 0 Å². The number of hydrogen-bond donors (Lipinski definition) is 1. The first-order valence-electron chi connectivity index (χ1n) is 23.6. The lowest BCUT2D eigenvalue weighted by Crippen LogP contribution is -2.17. The van der Waals surface area contributed by atoms with E-state index in [4.69, 9.17) is 9.97 Å². The van der Waals surface area contributed by atoms with Gasteiger partial charge in [-0.15, -0.1) is 0 Å². The lowest BCUT2D eigenvalue weighted by molar-refractivity contribution is 0.446. The molecule has 0 saturated heterocycles. The molecule has 0 bridgehead atoms. The predicted octanol–water partition coefficient (Wildman–Crippen LogP) is 16.9. The Morgan fingerprint density at radius 2 is 1.02 bits per heavy atom. The molecule has 0 unspecified atom stereocenters. The number of phenolic OH excluding ortho intramolecular Hbond substituents is 1. The van der Waals surface area contributed by atoms with E-state index in [0.29, 0.717) is 5.82 Å². The molecule has 6 aromatic carbocycles. The topological polar surface area (TPSA) is 50.9 Å². The number of rotatable bonds is 6. The SMILES string of the molecule is CC(C)(C)c1ccc(-c2ccc(C(C)(C)C)cc2-n2c(-c3cc(C(C)(C)C)cc(C(C)(C)C)c3O)nc3c(-c4cc(-c5cc(-c6ccccc6)ccn5)cc(C(C)(C)C)c4)cccc32)cc1. The van der Waals surface area contributed by atoms with Crippen LogP contribution < -0.4 is 0 Å². The number of hydrogen-bond acceptors (Lipinski definition) is 3. The van der Waals surface area contributed by atoms with Crippen molar-refractivity contribution in [2.45, 2.75) is 131 Å². The van der Waals surface area contributed by atoms with Gasteiger partial charge in [0.15, 0.2) is 0 Å². The van der Waals surface area contributed by atoms with Crippen LogP contribution in [0, 0.1) is 0 Å². The molecule has 0 aliphatic heterocycles. The minimum Gasteiger partial charge on any atom is -0.507 e. The number of imidazole rings is 1. The third kappa shape index (κ3) is 9.12. The molecule has 2 aromatic heterocycles. The Morgan fingerprint density at radius 1 is 0.409 bits per heavy atom. The number of benzene rings is 6. The normalized spacial score (nSPS) is 12.8. The van der Waals surface area contributed by atoms with Gasteiger partial charge in [0.2, 0.25) is 0 Å². The fourth-order valence-electron chi connectivity index (χ4n) is 8.91. The molecule has 0 amide bonds. The summed E-state index contributed by atoms with van der Waals surface area (Å²) in [5.41, 5.74) is 17.1. The Bertz CT molecular complexity index is 3080. The van der Waals surface area contributed by atoms with E-state index in [2.05, 4.69) is 242 Å². The zero-order chi connectivity index (χ0) is 47.7. The van der Waals surface area contributed by atoms with Crippen LogP contribution in [-0.2, 0) is 27.1 Å². The lowest BCUT2D eigenvalue weighted by atomic mass is 9.79. The van der Waals surface area contributed by atoms with Crippen LogP contribution in [0.1, 0.15) is 132 Å². The molecular formula is C62H69N3O. The lowest BCUT2D eigenvalue weighted by Gasteiger charge is -2.28. The number of nitrogens with zero attached hydrogens (tertiary/aromatic N) is 3. The second-order valence-corrected chi connectivity index (χ2v) is 23.5. The van der Waals surface area contributed by atoms with Crippen LogP contribution in [0.5, 0.6) is 5.75 Å². The number of fused-ring (bicyclic) bond motifs is 1. The van der Waals surface area contributed by atoms with E-state index in [1.54, 1.807) is 0 Å². The molecule has 0 radical (unpaired) electrons. The quantitative estimate of drug-likeness (QED) is 0.181. The van der Waals surface area contributed by atoms with Crippen molar-refractivity contribution >= 4 is 11.0 Å². The number of aromatic nitrogens is 3. The van der Waals surface area contributed by atoms with Gasteiger partial charge in [0.25, 0.3) is 0 Å². The molecule has 0 spiro atoms. The molecule has 0 aliphatic carbocycles. The predicted molar refractivity (Wildman–Crippen MR) is 281 cm³/mol. The summed E-state index contributed by atoms with van der Waals surface area (Å²) in [5.74, 6) is 0.965. The molecule has 1 N–H and O–H groups in total. The Balaban J connectivity index is 1.48. The first-order valence-corrected chi connectivity index (χ1v) is 23.6. The minimum atomic E-state index is -0.330. The highest BCUT2D eigenvalue weighted by atomic mass is 16.3. The first kappa shape index (κ1) is 46.3. The van der Waals surface area contributed by atoms with E-state index in [-0.39, 0.29) is 32.8 Å². The molecule has 0 saturated carbocycles. The van der Waals surface area contributed by atoms with Gasteiger partial charge in [-0.1, -0.05) is 195 Å². The summed E-state index contributed by atoms with van der Waals surface area (Å²) in [6.07, 6.45) is 1.92. The molecule has 8 rings (SSSR count). The van der Waals surface area contributed by atoms with Crippen molar-refractivity contribution < 1.29 is 5.11 Å². The second kappa shape index (κ2) is 16.6. The fourth-order valence-corrected chi connectivity index (χ4v) is 8.91. The van der Waals surface area contributed by atoms with E-state index < -0.39 is 0 Å². The van der Waals surface area contributed by atoms with Crippen LogP contribution in [0.2, 0.25) is 0 Å². The average Bonchev–Trinajstić information content (AvgIpc) is 3.64. The van der Waals surface area contributed by atoms with Crippen molar-refractivity contribution in [3.63, 3.8) is 0 Å². The van der Waals surface area contributed by atoms with Gasteiger partial charge in [0.05, 0.1) is 28.0 Å². The molecule has 66 heavy (non-hydrogen) atoms. The molecule has 338 valence electrons. The van der Waals surface area contributed by atoms with E-state index in [9.17, 15) is 5.11 Å². The van der Waals surface area contributed by atoms with E-state index >= 15 is 0 Å². The highest BCUT2D eigenvalue weighted by Crippen LogP contribution is 2.46. The van der Waals surface area contributed by atoms with Gasteiger partial charge in [-0.2, -0.15) is 0 Å². The monoisotopic (exact) mass is 872 g/mol. The third-order valence-electron chi connectivity index (χ3n) is 13.1. The van der Waals surface area contributed by atoms with Crippen LogP contribution in [0.15, 0.2) is 140 Å². The van der Waals surface area contributed by atoms with Gasteiger partial charge in [0.1, 0.15) is 11.6 Å². The van der Waals surface area contributed by atoms with Crippen molar-refractivity contribution in [3.05, 3.63) is 167 Å². The molecule has 4 heteroatoms.